The molecular weight excluding hydrogens is 304 g/mol. The predicted octanol–water partition coefficient (Wildman–Crippen LogP) is 3.44. The minimum Gasteiger partial charge on any atom is -0.481 e. The Labute approximate surface area is 141 Å². The first-order chi connectivity index (χ1) is 11.5. The van der Waals surface area contributed by atoms with Crippen molar-refractivity contribution in [3.8, 4) is 0 Å². The maximum absolute atomic E-state index is 13.1. The zero-order valence-electron chi connectivity index (χ0n) is 14.0. The summed E-state index contributed by atoms with van der Waals surface area (Å²) < 4.78 is 0. The largest absolute Gasteiger partial charge is 0.481 e. The van der Waals surface area contributed by atoms with Gasteiger partial charge in [-0.1, -0.05) is 32.0 Å². The summed E-state index contributed by atoms with van der Waals surface area (Å²) in [6, 6.07) is 9.28. The number of carboxylic acid groups (broad SMARTS) is 1. The van der Waals surface area contributed by atoms with E-state index in [1.165, 1.54) is 0 Å². The Balaban J connectivity index is 2.04. The monoisotopic (exact) mass is 326 g/mol. The number of benzene rings is 1. The van der Waals surface area contributed by atoms with Crippen LogP contribution < -0.4 is 0 Å². The highest BCUT2D eigenvalue weighted by atomic mass is 16.4. The van der Waals surface area contributed by atoms with E-state index in [0.717, 1.165) is 29.4 Å². The summed E-state index contributed by atoms with van der Waals surface area (Å²) in [6.45, 7) is 4.72. The van der Waals surface area contributed by atoms with Gasteiger partial charge in [-0.25, -0.2) is 0 Å². The van der Waals surface area contributed by atoms with Crippen molar-refractivity contribution in [3.05, 3.63) is 41.6 Å². The lowest BCUT2D eigenvalue weighted by Gasteiger charge is -2.24. The average molecular weight is 326 g/mol. The number of carbonyl (C=O) groups excluding carboxylic acids is 1. The fourth-order valence-corrected chi connectivity index (χ4v) is 3.34. The molecular formula is C19H22N2O3. The van der Waals surface area contributed by atoms with E-state index in [-0.39, 0.29) is 24.3 Å². The summed E-state index contributed by atoms with van der Waals surface area (Å²) in [4.78, 5) is 30.6. The molecule has 1 aliphatic rings. The van der Waals surface area contributed by atoms with Gasteiger partial charge in [0.2, 0.25) is 0 Å². The van der Waals surface area contributed by atoms with Crippen molar-refractivity contribution in [2.24, 2.45) is 0 Å². The van der Waals surface area contributed by atoms with Crippen molar-refractivity contribution >= 4 is 22.8 Å². The molecule has 1 saturated heterocycles. The smallest absolute Gasteiger partial charge is 0.305 e. The molecule has 3 rings (SSSR count). The van der Waals surface area contributed by atoms with Gasteiger partial charge < -0.3 is 10.0 Å². The number of nitrogens with zero attached hydrogens (tertiary/aromatic N) is 2. The number of hydrogen-bond donors (Lipinski definition) is 1. The number of rotatable bonds is 4. The minimum absolute atomic E-state index is 0.00575. The number of para-hydroxylation sites is 1. The number of carboxylic acids is 1. The van der Waals surface area contributed by atoms with Crippen LogP contribution in [0.25, 0.3) is 10.9 Å². The number of likely N-dealkylation sites (tertiary alicyclic amines) is 1. The van der Waals surface area contributed by atoms with E-state index in [1.807, 2.05) is 30.3 Å². The molecule has 1 unspecified atom stereocenters. The normalized spacial score (nSPS) is 17.6. The van der Waals surface area contributed by atoms with Gasteiger partial charge in [0.1, 0.15) is 0 Å². The van der Waals surface area contributed by atoms with Gasteiger partial charge in [-0.3, -0.25) is 14.6 Å². The number of aromatic nitrogens is 1. The number of amides is 1. The molecule has 1 aromatic heterocycles. The van der Waals surface area contributed by atoms with E-state index in [4.69, 9.17) is 5.11 Å². The Bertz CT molecular complexity index is 785. The second kappa shape index (κ2) is 6.59. The SMILES string of the molecule is CC(C)c1cc(C(=O)N2CCCC2CC(=O)O)c2ccccc2n1. The van der Waals surface area contributed by atoms with Crippen LogP contribution in [0.2, 0.25) is 0 Å². The third-order valence-corrected chi connectivity index (χ3v) is 4.61. The molecule has 1 atom stereocenters. The molecule has 2 heterocycles. The molecule has 126 valence electrons. The first-order valence-electron chi connectivity index (χ1n) is 8.40. The lowest BCUT2D eigenvalue weighted by Crippen LogP contribution is -2.37. The second-order valence-electron chi connectivity index (χ2n) is 6.66. The van der Waals surface area contributed by atoms with Crippen molar-refractivity contribution < 1.29 is 14.7 Å². The van der Waals surface area contributed by atoms with E-state index >= 15 is 0 Å². The molecule has 5 nitrogen and oxygen atoms in total. The van der Waals surface area contributed by atoms with Gasteiger partial charge in [0.25, 0.3) is 5.91 Å². The fourth-order valence-electron chi connectivity index (χ4n) is 3.34. The molecule has 1 amide bonds. The standard InChI is InChI=1S/C19H22N2O3/c1-12(2)17-11-15(14-7-3-4-8-16(14)20-17)19(24)21-9-5-6-13(21)10-18(22)23/h3-4,7-8,11-13H,5-6,9-10H2,1-2H3,(H,22,23). The zero-order valence-corrected chi connectivity index (χ0v) is 14.0. The van der Waals surface area contributed by atoms with Crippen LogP contribution in [0.5, 0.6) is 0 Å². The number of aliphatic carboxylic acids is 1. The summed E-state index contributed by atoms with van der Waals surface area (Å²) in [5.74, 6) is -0.726. The van der Waals surface area contributed by atoms with Crippen LogP contribution in [0.15, 0.2) is 30.3 Å². The lowest BCUT2D eigenvalue weighted by molar-refractivity contribution is -0.137. The van der Waals surface area contributed by atoms with E-state index in [0.29, 0.717) is 12.1 Å². The molecule has 1 aromatic carbocycles. The highest BCUT2D eigenvalue weighted by Gasteiger charge is 2.32. The van der Waals surface area contributed by atoms with Gasteiger partial charge in [0.15, 0.2) is 0 Å². The predicted molar refractivity (Wildman–Crippen MR) is 92.1 cm³/mol. The molecule has 1 N–H and O–H groups in total. The fraction of sp³-hybridized carbons (Fsp3) is 0.421. The van der Waals surface area contributed by atoms with Crippen molar-refractivity contribution in [1.82, 2.24) is 9.88 Å². The van der Waals surface area contributed by atoms with Gasteiger partial charge in [-0.15, -0.1) is 0 Å². The third-order valence-electron chi connectivity index (χ3n) is 4.61. The second-order valence-corrected chi connectivity index (χ2v) is 6.66. The molecule has 5 heteroatoms. The maximum atomic E-state index is 13.1. The van der Waals surface area contributed by atoms with Crippen molar-refractivity contribution in [3.63, 3.8) is 0 Å². The number of fused-ring (bicyclic) bond motifs is 1. The molecule has 0 radical (unpaired) electrons. The molecule has 1 aliphatic heterocycles. The Morgan fingerprint density at radius 2 is 2.08 bits per heavy atom. The highest BCUT2D eigenvalue weighted by Crippen LogP contribution is 2.27. The van der Waals surface area contributed by atoms with Crippen LogP contribution in [0.1, 0.15) is 55.1 Å². The van der Waals surface area contributed by atoms with Crippen LogP contribution >= 0.6 is 0 Å². The topological polar surface area (TPSA) is 70.5 Å². The van der Waals surface area contributed by atoms with Crippen LogP contribution in [0.4, 0.5) is 0 Å². The average Bonchev–Trinajstić information content (AvgIpc) is 3.00. The first kappa shape index (κ1) is 16.4. The molecule has 0 spiro atoms. The van der Waals surface area contributed by atoms with Crippen molar-refractivity contribution in [1.29, 1.82) is 0 Å². The van der Waals surface area contributed by atoms with E-state index < -0.39 is 5.97 Å². The van der Waals surface area contributed by atoms with Gasteiger partial charge in [-0.05, 0) is 30.9 Å². The summed E-state index contributed by atoms with van der Waals surface area (Å²) in [5.41, 5.74) is 2.31. The quantitative estimate of drug-likeness (QED) is 0.934. The van der Waals surface area contributed by atoms with Gasteiger partial charge in [0.05, 0.1) is 17.5 Å². The molecule has 1 fully saturated rings. The zero-order chi connectivity index (χ0) is 17.3. The van der Waals surface area contributed by atoms with Gasteiger partial charge >= 0.3 is 5.97 Å². The van der Waals surface area contributed by atoms with Gasteiger partial charge in [-0.2, -0.15) is 0 Å². The van der Waals surface area contributed by atoms with Crippen LogP contribution in [-0.2, 0) is 4.79 Å². The maximum Gasteiger partial charge on any atom is 0.305 e. The van der Waals surface area contributed by atoms with Crippen LogP contribution in [0, 0.1) is 0 Å². The summed E-state index contributed by atoms with van der Waals surface area (Å²) in [7, 11) is 0. The summed E-state index contributed by atoms with van der Waals surface area (Å²) in [6.07, 6.45) is 1.60. The molecule has 0 bridgehead atoms. The molecule has 24 heavy (non-hydrogen) atoms. The Morgan fingerprint density at radius 1 is 1.33 bits per heavy atom. The van der Waals surface area contributed by atoms with Crippen molar-refractivity contribution in [2.45, 2.75) is 45.1 Å². The van der Waals surface area contributed by atoms with Crippen LogP contribution in [-0.4, -0.2) is 39.5 Å². The Hall–Kier alpha value is -2.43. The van der Waals surface area contributed by atoms with Gasteiger partial charge in [0, 0.05) is 23.7 Å². The molecule has 2 aromatic rings. The van der Waals surface area contributed by atoms with E-state index in [9.17, 15) is 9.59 Å². The highest BCUT2D eigenvalue weighted by molar-refractivity contribution is 6.06. The summed E-state index contributed by atoms with van der Waals surface area (Å²) >= 11 is 0. The third kappa shape index (κ3) is 3.11. The number of hydrogen-bond acceptors (Lipinski definition) is 3. The lowest BCUT2D eigenvalue weighted by atomic mass is 10.0. The van der Waals surface area contributed by atoms with Crippen LogP contribution in [0.3, 0.4) is 0 Å². The van der Waals surface area contributed by atoms with E-state index in [2.05, 4.69) is 18.8 Å². The van der Waals surface area contributed by atoms with E-state index in [1.54, 1.807) is 4.90 Å². The number of pyridine rings is 1. The Kier molecular flexibility index (Phi) is 4.51. The Morgan fingerprint density at radius 3 is 2.79 bits per heavy atom. The number of carbonyl (C=O) groups is 2. The summed E-state index contributed by atoms with van der Waals surface area (Å²) in [5, 5.41) is 9.91. The van der Waals surface area contributed by atoms with Crippen molar-refractivity contribution in [2.75, 3.05) is 6.54 Å². The molecule has 0 saturated carbocycles. The molecule has 0 aliphatic carbocycles. The minimum atomic E-state index is -0.859. The first-order valence-corrected chi connectivity index (χ1v) is 8.40.